The quantitative estimate of drug-likeness (QED) is 0.680. The Balaban J connectivity index is 3.21. The van der Waals surface area contributed by atoms with Crippen molar-refractivity contribution in [2.75, 3.05) is 7.11 Å². The Kier molecular flexibility index (Phi) is 5.13. The molecule has 0 spiro atoms. The fourth-order valence-corrected chi connectivity index (χ4v) is 3.23. The Labute approximate surface area is 126 Å². The number of rotatable bonds is 4. The third-order valence-corrected chi connectivity index (χ3v) is 8.78. The molecule has 0 aliphatic heterocycles. The molecule has 0 atom stereocenters. The summed E-state index contributed by atoms with van der Waals surface area (Å²) >= 11 is 3.62. The van der Waals surface area contributed by atoms with Gasteiger partial charge < -0.3 is 9.16 Å². The van der Waals surface area contributed by atoms with Gasteiger partial charge in [0.25, 0.3) is 8.32 Å². The molecule has 2 nitrogen and oxygen atoms in total. The van der Waals surface area contributed by atoms with Crippen molar-refractivity contribution in [3.63, 3.8) is 0 Å². The van der Waals surface area contributed by atoms with E-state index in [1.807, 2.05) is 0 Å². The molecular weight excluding hydrogens is 320 g/mol. The van der Waals surface area contributed by atoms with Gasteiger partial charge in [0.15, 0.2) is 11.5 Å². The minimum Gasteiger partial charge on any atom is -0.540 e. The summed E-state index contributed by atoms with van der Waals surface area (Å²) in [5.74, 6) is 1.65. The molecule has 0 bridgehead atoms. The van der Waals surface area contributed by atoms with Gasteiger partial charge in [-0.2, -0.15) is 0 Å². The second-order valence-corrected chi connectivity index (χ2v) is 11.9. The maximum absolute atomic E-state index is 6.39. The largest absolute Gasteiger partial charge is 0.540 e. The molecule has 0 radical (unpaired) electrons. The van der Waals surface area contributed by atoms with E-state index in [2.05, 4.69) is 68.9 Å². The van der Waals surface area contributed by atoms with Crippen molar-refractivity contribution in [2.24, 2.45) is 0 Å². The normalized spacial score (nSPS) is 12.4. The van der Waals surface area contributed by atoms with Crippen molar-refractivity contribution in [3.05, 3.63) is 22.2 Å². The lowest BCUT2D eigenvalue weighted by atomic mass is 10.1. The van der Waals surface area contributed by atoms with Gasteiger partial charge in [-0.25, -0.2) is 0 Å². The van der Waals surface area contributed by atoms with Crippen molar-refractivity contribution >= 4 is 24.2 Å². The van der Waals surface area contributed by atoms with Crippen LogP contribution in [0.15, 0.2) is 16.6 Å². The Morgan fingerprint density at radius 2 is 1.79 bits per heavy atom. The van der Waals surface area contributed by atoms with E-state index in [0.29, 0.717) is 0 Å². The second kappa shape index (κ2) is 5.88. The smallest absolute Gasteiger partial charge is 0.250 e. The number of ether oxygens (including phenoxy) is 1. The lowest BCUT2D eigenvalue weighted by Gasteiger charge is -2.37. The summed E-state index contributed by atoms with van der Waals surface area (Å²) in [5, 5.41) is 0.168. The Bertz CT molecular complexity index is 450. The maximum atomic E-state index is 6.39. The SMILES string of the molecule is CCc1cc(Br)c(O[Si](C)(C)C(C)(C)C)c(OC)c1. The summed E-state index contributed by atoms with van der Waals surface area (Å²) in [4.78, 5) is 0. The highest BCUT2D eigenvalue weighted by Gasteiger charge is 2.40. The van der Waals surface area contributed by atoms with Gasteiger partial charge in [0.2, 0.25) is 0 Å². The molecule has 1 aromatic rings. The Morgan fingerprint density at radius 1 is 1.21 bits per heavy atom. The summed E-state index contributed by atoms with van der Waals surface area (Å²) in [7, 11) is -0.168. The summed E-state index contributed by atoms with van der Waals surface area (Å²) < 4.78 is 12.9. The molecule has 0 aromatic heterocycles. The number of hydrogen-bond donors (Lipinski definition) is 0. The first-order valence-corrected chi connectivity index (χ1v) is 10.4. The molecule has 0 fully saturated rings. The van der Waals surface area contributed by atoms with E-state index in [9.17, 15) is 0 Å². The lowest BCUT2D eigenvalue weighted by molar-refractivity contribution is 0.384. The van der Waals surface area contributed by atoms with E-state index < -0.39 is 8.32 Å². The number of methoxy groups -OCH3 is 1. The standard InChI is InChI=1S/C15H25BrO2Si/c1-8-11-9-12(16)14(13(10-11)17-5)18-19(6,7)15(2,3)4/h9-10H,8H2,1-7H3. The van der Waals surface area contributed by atoms with Crippen LogP contribution in [0.3, 0.4) is 0 Å². The highest BCUT2D eigenvalue weighted by Crippen LogP contribution is 2.43. The van der Waals surface area contributed by atoms with Crippen molar-refractivity contribution in [3.8, 4) is 11.5 Å². The molecule has 0 aliphatic carbocycles. The summed E-state index contributed by atoms with van der Waals surface area (Å²) in [6.07, 6.45) is 0.981. The fourth-order valence-electron chi connectivity index (χ4n) is 1.48. The van der Waals surface area contributed by atoms with Crippen LogP contribution in [-0.2, 0) is 6.42 Å². The van der Waals surface area contributed by atoms with Crippen LogP contribution in [0.2, 0.25) is 18.1 Å². The predicted octanol–water partition coefficient (Wildman–Crippen LogP) is 5.40. The highest BCUT2D eigenvalue weighted by molar-refractivity contribution is 9.10. The average molecular weight is 345 g/mol. The highest BCUT2D eigenvalue weighted by atomic mass is 79.9. The first-order chi connectivity index (χ1) is 8.62. The maximum Gasteiger partial charge on any atom is 0.250 e. The van der Waals surface area contributed by atoms with E-state index in [1.54, 1.807) is 7.11 Å². The summed E-state index contributed by atoms with van der Waals surface area (Å²) in [6.45, 7) is 13.3. The van der Waals surface area contributed by atoms with Crippen LogP contribution >= 0.6 is 15.9 Å². The zero-order valence-corrected chi connectivity index (χ0v) is 15.6. The van der Waals surface area contributed by atoms with E-state index in [0.717, 1.165) is 22.4 Å². The molecule has 0 aliphatic rings. The number of hydrogen-bond acceptors (Lipinski definition) is 2. The molecule has 0 amide bonds. The second-order valence-electron chi connectivity index (χ2n) is 6.32. The monoisotopic (exact) mass is 344 g/mol. The lowest BCUT2D eigenvalue weighted by Crippen LogP contribution is -2.44. The van der Waals surface area contributed by atoms with Crippen molar-refractivity contribution in [2.45, 2.75) is 52.2 Å². The van der Waals surface area contributed by atoms with Crippen LogP contribution in [0.5, 0.6) is 11.5 Å². The zero-order chi connectivity index (χ0) is 14.8. The zero-order valence-electron chi connectivity index (χ0n) is 13.1. The topological polar surface area (TPSA) is 18.5 Å². The molecule has 0 heterocycles. The number of benzene rings is 1. The molecule has 1 aromatic carbocycles. The van der Waals surface area contributed by atoms with Gasteiger partial charge in [-0.3, -0.25) is 0 Å². The molecule has 1 rings (SSSR count). The van der Waals surface area contributed by atoms with Gasteiger partial charge in [0.1, 0.15) is 0 Å². The molecule has 19 heavy (non-hydrogen) atoms. The molecule has 0 unspecified atom stereocenters. The molecule has 0 N–H and O–H groups in total. The third-order valence-electron chi connectivity index (χ3n) is 3.86. The van der Waals surface area contributed by atoms with E-state index in [-0.39, 0.29) is 5.04 Å². The minimum atomic E-state index is -1.86. The van der Waals surface area contributed by atoms with Gasteiger partial charge in [0, 0.05) is 0 Å². The summed E-state index contributed by atoms with van der Waals surface area (Å²) in [6, 6.07) is 4.18. The molecule has 0 saturated carbocycles. The number of aryl methyl sites for hydroxylation is 1. The van der Waals surface area contributed by atoms with E-state index in [4.69, 9.17) is 9.16 Å². The van der Waals surface area contributed by atoms with Crippen molar-refractivity contribution < 1.29 is 9.16 Å². The first kappa shape index (κ1) is 16.6. The summed E-state index contributed by atoms with van der Waals surface area (Å²) in [5.41, 5.74) is 1.24. The van der Waals surface area contributed by atoms with Crippen LogP contribution in [0.25, 0.3) is 0 Å². The predicted molar refractivity (Wildman–Crippen MR) is 87.9 cm³/mol. The number of halogens is 1. The molecule has 108 valence electrons. The minimum absolute atomic E-state index is 0.168. The third kappa shape index (κ3) is 3.75. The van der Waals surface area contributed by atoms with Gasteiger partial charge >= 0.3 is 0 Å². The van der Waals surface area contributed by atoms with Gasteiger partial charge in [-0.05, 0) is 58.2 Å². The van der Waals surface area contributed by atoms with Crippen molar-refractivity contribution in [1.29, 1.82) is 0 Å². The first-order valence-electron chi connectivity index (χ1n) is 6.67. The van der Waals surface area contributed by atoms with Crippen LogP contribution in [0.1, 0.15) is 33.3 Å². The van der Waals surface area contributed by atoms with Gasteiger partial charge in [-0.15, -0.1) is 0 Å². The van der Waals surface area contributed by atoms with Crippen LogP contribution in [0, 0.1) is 0 Å². The van der Waals surface area contributed by atoms with Crippen LogP contribution < -0.4 is 9.16 Å². The Morgan fingerprint density at radius 3 is 2.21 bits per heavy atom. The molecule has 0 saturated heterocycles. The average Bonchev–Trinajstić information content (AvgIpc) is 2.29. The van der Waals surface area contributed by atoms with Crippen LogP contribution in [0.4, 0.5) is 0 Å². The van der Waals surface area contributed by atoms with Gasteiger partial charge in [0.05, 0.1) is 11.6 Å². The Hall–Kier alpha value is -0.483. The van der Waals surface area contributed by atoms with E-state index >= 15 is 0 Å². The fraction of sp³-hybridized carbons (Fsp3) is 0.600. The van der Waals surface area contributed by atoms with Crippen LogP contribution in [-0.4, -0.2) is 15.4 Å². The molecule has 4 heteroatoms. The van der Waals surface area contributed by atoms with E-state index in [1.165, 1.54) is 5.56 Å². The molecular formula is C15H25BrO2Si. The van der Waals surface area contributed by atoms with Crippen molar-refractivity contribution in [1.82, 2.24) is 0 Å². The van der Waals surface area contributed by atoms with Gasteiger partial charge in [-0.1, -0.05) is 27.7 Å².